The quantitative estimate of drug-likeness (QED) is 0.836. The van der Waals surface area contributed by atoms with Crippen molar-refractivity contribution >= 4 is 22.9 Å². The molecule has 2 aromatic rings. The lowest BCUT2D eigenvalue weighted by Crippen LogP contribution is -2.33. The number of rotatable bonds is 7. The molecule has 2 nitrogen and oxygen atoms in total. The molecular weight excluding hydrogens is 276 g/mol. The summed E-state index contributed by atoms with van der Waals surface area (Å²) in [4.78, 5) is 4.37. The monoisotopic (exact) mass is 294 g/mol. The molecule has 0 saturated heterocycles. The Hall–Kier alpha value is -0.900. The number of benzene rings is 1. The van der Waals surface area contributed by atoms with E-state index in [4.69, 9.17) is 11.6 Å². The Kier molecular flexibility index (Phi) is 5.83. The van der Waals surface area contributed by atoms with E-state index in [-0.39, 0.29) is 0 Å². The Labute approximate surface area is 123 Å². The number of nitrogens with zero attached hydrogens (tertiary/aromatic N) is 1. The molecule has 1 atom stereocenters. The largest absolute Gasteiger partial charge is 0.313 e. The lowest BCUT2D eigenvalue weighted by Gasteiger charge is -2.18. The zero-order valence-electron chi connectivity index (χ0n) is 11.1. The number of halogens is 1. The van der Waals surface area contributed by atoms with Crippen molar-refractivity contribution in [2.75, 3.05) is 6.54 Å². The molecule has 0 saturated carbocycles. The summed E-state index contributed by atoms with van der Waals surface area (Å²) in [6.07, 6.45) is 4.91. The molecule has 1 aromatic heterocycles. The molecule has 1 aromatic carbocycles. The molecule has 0 bridgehead atoms. The maximum absolute atomic E-state index is 6.24. The van der Waals surface area contributed by atoms with Gasteiger partial charge in [-0.05, 0) is 31.0 Å². The summed E-state index contributed by atoms with van der Waals surface area (Å²) < 4.78 is 0. The minimum atomic E-state index is 0.394. The van der Waals surface area contributed by atoms with Crippen LogP contribution in [0.25, 0.3) is 0 Å². The number of hydrogen-bond acceptors (Lipinski definition) is 3. The lowest BCUT2D eigenvalue weighted by molar-refractivity contribution is 0.504. The van der Waals surface area contributed by atoms with Crippen LogP contribution in [0.3, 0.4) is 0 Å². The molecular formula is C15H19ClN2S. The van der Waals surface area contributed by atoms with E-state index < -0.39 is 0 Å². The van der Waals surface area contributed by atoms with E-state index in [1.165, 1.54) is 10.6 Å². The zero-order chi connectivity index (χ0) is 13.5. The maximum Gasteiger partial charge on any atom is 0.0940 e. The van der Waals surface area contributed by atoms with Crippen molar-refractivity contribution in [2.45, 2.75) is 32.2 Å². The van der Waals surface area contributed by atoms with Crippen molar-refractivity contribution < 1.29 is 0 Å². The second-order valence-electron chi connectivity index (χ2n) is 4.58. The van der Waals surface area contributed by atoms with E-state index in [0.29, 0.717) is 6.04 Å². The summed E-state index contributed by atoms with van der Waals surface area (Å²) >= 11 is 7.96. The lowest BCUT2D eigenvalue weighted by atomic mass is 10.0. The molecule has 0 aliphatic rings. The summed E-state index contributed by atoms with van der Waals surface area (Å²) in [5.74, 6) is 0. The van der Waals surface area contributed by atoms with Crippen LogP contribution in [0.15, 0.2) is 35.8 Å². The molecule has 0 aliphatic carbocycles. The Morgan fingerprint density at radius 3 is 2.84 bits per heavy atom. The van der Waals surface area contributed by atoms with E-state index in [1.807, 2.05) is 29.8 Å². The van der Waals surface area contributed by atoms with Gasteiger partial charge in [-0.15, -0.1) is 11.3 Å². The van der Waals surface area contributed by atoms with Crippen molar-refractivity contribution in [1.82, 2.24) is 10.3 Å². The van der Waals surface area contributed by atoms with Crippen molar-refractivity contribution in [2.24, 2.45) is 0 Å². The molecule has 19 heavy (non-hydrogen) atoms. The SMILES string of the molecule is CCCNC(Cc1nccs1)Cc1ccccc1Cl. The van der Waals surface area contributed by atoms with Gasteiger partial charge < -0.3 is 5.32 Å². The van der Waals surface area contributed by atoms with E-state index in [1.54, 1.807) is 11.3 Å². The first-order valence-electron chi connectivity index (χ1n) is 6.64. The summed E-state index contributed by atoms with van der Waals surface area (Å²) in [7, 11) is 0. The number of aromatic nitrogens is 1. The van der Waals surface area contributed by atoms with Crippen LogP contribution in [0.2, 0.25) is 5.02 Å². The molecule has 1 heterocycles. The maximum atomic E-state index is 6.24. The average Bonchev–Trinajstić information content (AvgIpc) is 2.91. The highest BCUT2D eigenvalue weighted by Crippen LogP contribution is 2.18. The number of nitrogens with one attached hydrogen (secondary N) is 1. The predicted octanol–water partition coefficient (Wildman–Crippen LogP) is 3.95. The second kappa shape index (κ2) is 7.63. The van der Waals surface area contributed by atoms with Crippen molar-refractivity contribution in [3.05, 3.63) is 51.4 Å². The molecule has 0 aliphatic heterocycles. The molecule has 0 spiro atoms. The van der Waals surface area contributed by atoms with Crippen LogP contribution in [-0.4, -0.2) is 17.6 Å². The van der Waals surface area contributed by atoms with Crippen LogP contribution in [-0.2, 0) is 12.8 Å². The van der Waals surface area contributed by atoms with Gasteiger partial charge in [0.25, 0.3) is 0 Å². The van der Waals surface area contributed by atoms with Gasteiger partial charge in [-0.1, -0.05) is 36.7 Å². The standard InChI is InChI=1S/C15H19ClN2S/c1-2-7-17-13(11-15-18-8-9-19-15)10-12-5-3-4-6-14(12)16/h3-6,8-9,13,17H,2,7,10-11H2,1H3. The van der Waals surface area contributed by atoms with Gasteiger partial charge in [0.05, 0.1) is 5.01 Å². The van der Waals surface area contributed by atoms with Crippen LogP contribution in [0, 0.1) is 0 Å². The molecule has 0 fully saturated rings. The normalized spacial score (nSPS) is 12.5. The van der Waals surface area contributed by atoms with Gasteiger partial charge in [-0.2, -0.15) is 0 Å². The summed E-state index contributed by atoms with van der Waals surface area (Å²) in [6, 6.07) is 8.47. The van der Waals surface area contributed by atoms with Crippen LogP contribution >= 0.6 is 22.9 Å². The van der Waals surface area contributed by atoms with Gasteiger partial charge >= 0.3 is 0 Å². The van der Waals surface area contributed by atoms with Gasteiger partial charge in [-0.3, -0.25) is 0 Å². The number of thiazole rings is 1. The Morgan fingerprint density at radius 1 is 1.32 bits per heavy atom. The molecule has 1 unspecified atom stereocenters. The first kappa shape index (κ1) is 14.5. The highest BCUT2D eigenvalue weighted by Gasteiger charge is 2.13. The van der Waals surface area contributed by atoms with Crippen molar-refractivity contribution in [3.63, 3.8) is 0 Å². The Balaban J connectivity index is 2.03. The van der Waals surface area contributed by atoms with E-state index in [2.05, 4.69) is 23.3 Å². The van der Waals surface area contributed by atoms with Crippen LogP contribution < -0.4 is 5.32 Å². The second-order valence-corrected chi connectivity index (χ2v) is 5.96. The van der Waals surface area contributed by atoms with Gasteiger partial charge in [-0.25, -0.2) is 4.98 Å². The van der Waals surface area contributed by atoms with Crippen molar-refractivity contribution in [3.8, 4) is 0 Å². The first-order valence-corrected chi connectivity index (χ1v) is 7.90. The Morgan fingerprint density at radius 2 is 2.16 bits per heavy atom. The van der Waals surface area contributed by atoms with Gasteiger partial charge in [0, 0.05) is 29.1 Å². The highest BCUT2D eigenvalue weighted by atomic mass is 35.5. The fourth-order valence-corrected chi connectivity index (χ4v) is 2.97. The van der Waals surface area contributed by atoms with Crippen LogP contribution in [0.1, 0.15) is 23.9 Å². The van der Waals surface area contributed by atoms with Gasteiger partial charge in [0.1, 0.15) is 0 Å². The molecule has 2 rings (SSSR count). The van der Waals surface area contributed by atoms with Gasteiger partial charge in [0.15, 0.2) is 0 Å². The minimum absolute atomic E-state index is 0.394. The third kappa shape index (κ3) is 4.60. The van der Waals surface area contributed by atoms with Crippen LogP contribution in [0.5, 0.6) is 0 Å². The predicted molar refractivity (Wildman–Crippen MR) is 83.1 cm³/mol. The highest BCUT2D eigenvalue weighted by molar-refractivity contribution is 7.09. The number of hydrogen-bond donors (Lipinski definition) is 1. The summed E-state index contributed by atoms with van der Waals surface area (Å²) in [5, 5.41) is 7.65. The smallest absolute Gasteiger partial charge is 0.0940 e. The van der Waals surface area contributed by atoms with E-state index in [0.717, 1.165) is 30.8 Å². The van der Waals surface area contributed by atoms with Crippen molar-refractivity contribution in [1.29, 1.82) is 0 Å². The zero-order valence-corrected chi connectivity index (χ0v) is 12.7. The average molecular weight is 295 g/mol. The molecule has 0 radical (unpaired) electrons. The third-order valence-corrected chi connectivity index (χ3v) is 4.18. The molecule has 4 heteroatoms. The minimum Gasteiger partial charge on any atom is -0.313 e. The summed E-state index contributed by atoms with van der Waals surface area (Å²) in [6.45, 7) is 3.21. The van der Waals surface area contributed by atoms with Crippen LogP contribution in [0.4, 0.5) is 0 Å². The Bertz CT molecular complexity index is 485. The van der Waals surface area contributed by atoms with E-state index >= 15 is 0 Å². The fraction of sp³-hybridized carbons (Fsp3) is 0.400. The van der Waals surface area contributed by atoms with E-state index in [9.17, 15) is 0 Å². The summed E-state index contributed by atoms with van der Waals surface area (Å²) in [5.41, 5.74) is 1.20. The first-order chi connectivity index (χ1) is 9.29. The molecule has 102 valence electrons. The topological polar surface area (TPSA) is 24.9 Å². The fourth-order valence-electron chi connectivity index (χ4n) is 2.06. The van der Waals surface area contributed by atoms with Gasteiger partial charge in [0.2, 0.25) is 0 Å². The molecule has 1 N–H and O–H groups in total. The molecule has 0 amide bonds. The third-order valence-electron chi connectivity index (χ3n) is 3.01.